The van der Waals surface area contributed by atoms with Crippen LogP contribution in [-0.2, 0) is 6.54 Å². The van der Waals surface area contributed by atoms with E-state index in [0.717, 1.165) is 29.7 Å². The van der Waals surface area contributed by atoms with E-state index in [1.807, 2.05) is 0 Å². The van der Waals surface area contributed by atoms with Crippen molar-refractivity contribution in [2.24, 2.45) is 0 Å². The van der Waals surface area contributed by atoms with Crippen molar-refractivity contribution in [2.75, 3.05) is 0 Å². The molecule has 1 aliphatic rings. The Hall–Kier alpha value is -0.810. The predicted octanol–water partition coefficient (Wildman–Crippen LogP) is 3.80. The van der Waals surface area contributed by atoms with Gasteiger partial charge in [0.1, 0.15) is 11.5 Å². The first kappa shape index (κ1) is 11.3. The molecule has 3 heteroatoms. The van der Waals surface area contributed by atoms with E-state index in [-0.39, 0.29) is 0 Å². The minimum absolute atomic E-state index is 0.723. The van der Waals surface area contributed by atoms with Gasteiger partial charge in [0.25, 0.3) is 0 Å². The molecule has 1 fully saturated rings. The molecule has 1 saturated carbocycles. The molecule has 1 aromatic carbocycles. The van der Waals surface area contributed by atoms with Gasteiger partial charge in [0.15, 0.2) is 0 Å². The molecule has 1 N–H and O–H groups in total. The molecule has 17 heavy (non-hydrogen) atoms. The molecule has 88 valence electrons. The van der Waals surface area contributed by atoms with Crippen LogP contribution in [-0.4, -0.2) is 6.04 Å². The zero-order chi connectivity index (χ0) is 11.7. The normalized spacial score (nSPS) is 15.1. The number of hydrogen-bond acceptors (Lipinski definition) is 2. The van der Waals surface area contributed by atoms with E-state index in [0.29, 0.717) is 0 Å². The second kappa shape index (κ2) is 4.82. The van der Waals surface area contributed by atoms with E-state index in [2.05, 4.69) is 64.3 Å². The lowest BCUT2D eigenvalue weighted by atomic mass is 10.2. The third-order valence-corrected chi connectivity index (χ3v) is 3.58. The molecule has 3 rings (SSSR count). The van der Waals surface area contributed by atoms with Crippen molar-refractivity contribution in [1.82, 2.24) is 5.32 Å². The predicted molar refractivity (Wildman–Crippen MR) is 76.7 cm³/mol. The number of rotatable bonds is 4. The van der Waals surface area contributed by atoms with Crippen LogP contribution >= 0.6 is 22.6 Å². The van der Waals surface area contributed by atoms with Crippen molar-refractivity contribution < 1.29 is 4.42 Å². The highest BCUT2D eigenvalue weighted by Crippen LogP contribution is 2.24. The molecule has 2 aromatic rings. The van der Waals surface area contributed by atoms with Gasteiger partial charge in [-0.1, -0.05) is 12.1 Å². The molecule has 0 amide bonds. The van der Waals surface area contributed by atoms with Crippen LogP contribution in [0.4, 0.5) is 0 Å². The first-order chi connectivity index (χ1) is 8.31. The van der Waals surface area contributed by atoms with Gasteiger partial charge in [0.2, 0.25) is 0 Å². The third-order valence-electron chi connectivity index (χ3n) is 2.91. The molecule has 1 aliphatic carbocycles. The molecule has 2 nitrogen and oxygen atoms in total. The van der Waals surface area contributed by atoms with E-state index in [9.17, 15) is 0 Å². The summed E-state index contributed by atoms with van der Waals surface area (Å²) in [6.07, 6.45) is 2.62. The molecule has 1 aromatic heterocycles. The Balaban J connectivity index is 1.74. The maximum absolute atomic E-state index is 5.84. The van der Waals surface area contributed by atoms with Gasteiger partial charge in [-0.25, -0.2) is 0 Å². The molecule has 0 spiro atoms. The highest BCUT2D eigenvalue weighted by molar-refractivity contribution is 14.1. The van der Waals surface area contributed by atoms with Crippen LogP contribution in [0.3, 0.4) is 0 Å². The van der Waals surface area contributed by atoms with Crippen molar-refractivity contribution in [3.63, 3.8) is 0 Å². The topological polar surface area (TPSA) is 25.2 Å². The Bertz CT molecular complexity index is 516. The fraction of sp³-hybridized carbons (Fsp3) is 0.286. The molecule has 0 unspecified atom stereocenters. The second-order valence-electron chi connectivity index (χ2n) is 4.43. The van der Waals surface area contributed by atoms with E-state index < -0.39 is 0 Å². The Morgan fingerprint density at radius 2 is 2.12 bits per heavy atom. The van der Waals surface area contributed by atoms with Gasteiger partial charge >= 0.3 is 0 Å². The number of furan rings is 1. The quantitative estimate of drug-likeness (QED) is 0.857. The zero-order valence-electron chi connectivity index (χ0n) is 9.45. The molecule has 0 saturated heterocycles. The van der Waals surface area contributed by atoms with Gasteiger partial charge in [-0.05, 0) is 59.7 Å². The summed E-state index contributed by atoms with van der Waals surface area (Å²) in [5, 5.41) is 3.45. The Kier molecular flexibility index (Phi) is 3.20. The number of benzene rings is 1. The van der Waals surface area contributed by atoms with E-state index in [4.69, 9.17) is 4.42 Å². The van der Waals surface area contributed by atoms with Gasteiger partial charge < -0.3 is 9.73 Å². The van der Waals surface area contributed by atoms with Crippen LogP contribution in [0.15, 0.2) is 40.8 Å². The van der Waals surface area contributed by atoms with Crippen molar-refractivity contribution >= 4 is 22.6 Å². The van der Waals surface area contributed by atoms with Gasteiger partial charge in [0, 0.05) is 15.2 Å². The average Bonchev–Trinajstić information content (AvgIpc) is 3.04. The smallest absolute Gasteiger partial charge is 0.134 e. The fourth-order valence-corrected chi connectivity index (χ4v) is 2.35. The highest BCUT2D eigenvalue weighted by Gasteiger charge is 2.20. The van der Waals surface area contributed by atoms with Gasteiger partial charge in [-0.2, -0.15) is 0 Å². The van der Waals surface area contributed by atoms with Crippen molar-refractivity contribution in [1.29, 1.82) is 0 Å². The largest absolute Gasteiger partial charge is 0.460 e. The Morgan fingerprint density at radius 3 is 2.88 bits per heavy atom. The minimum Gasteiger partial charge on any atom is -0.460 e. The summed E-state index contributed by atoms with van der Waals surface area (Å²) < 4.78 is 7.07. The second-order valence-corrected chi connectivity index (χ2v) is 5.68. The lowest BCUT2D eigenvalue weighted by Crippen LogP contribution is -2.14. The van der Waals surface area contributed by atoms with Crippen molar-refractivity contribution in [3.05, 3.63) is 45.7 Å². The molecule has 0 radical (unpaired) electrons. The standard InChI is InChI=1S/C14H14INO/c15-11-3-1-2-10(8-11)14-7-6-13(17-14)9-16-12-4-5-12/h1-3,6-8,12,16H,4-5,9H2. The summed E-state index contributed by atoms with van der Waals surface area (Å²) in [6.45, 7) is 0.842. The summed E-state index contributed by atoms with van der Waals surface area (Å²) >= 11 is 2.32. The van der Waals surface area contributed by atoms with E-state index >= 15 is 0 Å². The minimum atomic E-state index is 0.723. The monoisotopic (exact) mass is 339 g/mol. The number of nitrogens with one attached hydrogen (secondary N) is 1. The van der Waals surface area contributed by atoms with Gasteiger partial charge in [-0.3, -0.25) is 0 Å². The lowest BCUT2D eigenvalue weighted by molar-refractivity contribution is 0.492. The summed E-state index contributed by atoms with van der Waals surface area (Å²) in [4.78, 5) is 0. The van der Waals surface area contributed by atoms with Gasteiger partial charge in [0.05, 0.1) is 6.54 Å². The Labute approximate surface area is 115 Å². The van der Waals surface area contributed by atoms with Crippen molar-refractivity contribution in [3.8, 4) is 11.3 Å². The lowest BCUT2D eigenvalue weighted by Gasteiger charge is -2.00. The molecule has 0 aliphatic heterocycles. The molecular formula is C14H14INO. The van der Waals surface area contributed by atoms with Crippen LogP contribution in [0.5, 0.6) is 0 Å². The van der Waals surface area contributed by atoms with Crippen LogP contribution in [0, 0.1) is 3.57 Å². The molecule has 0 atom stereocenters. The van der Waals surface area contributed by atoms with Crippen LogP contribution in [0.25, 0.3) is 11.3 Å². The number of halogens is 1. The maximum atomic E-state index is 5.84. The Morgan fingerprint density at radius 1 is 1.24 bits per heavy atom. The van der Waals surface area contributed by atoms with E-state index in [1.54, 1.807) is 0 Å². The summed E-state index contributed by atoms with van der Waals surface area (Å²) in [5.41, 5.74) is 1.15. The van der Waals surface area contributed by atoms with Crippen LogP contribution < -0.4 is 5.32 Å². The highest BCUT2D eigenvalue weighted by atomic mass is 127. The zero-order valence-corrected chi connectivity index (χ0v) is 11.6. The maximum Gasteiger partial charge on any atom is 0.134 e. The summed E-state index contributed by atoms with van der Waals surface area (Å²) in [5.74, 6) is 1.97. The summed E-state index contributed by atoms with van der Waals surface area (Å²) in [7, 11) is 0. The van der Waals surface area contributed by atoms with Crippen molar-refractivity contribution in [2.45, 2.75) is 25.4 Å². The average molecular weight is 339 g/mol. The first-order valence-corrected chi connectivity index (χ1v) is 6.97. The summed E-state index contributed by atoms with van der Waals surface area (Å²) in [6, 6.07) is 13.2. The first-order valence-electron chi connectivity index (χ1n) is 5.89. The fourth-order valence-electron chi connectivity index (χ4n) is 1.80. The molecule has 1 heterocycles. The van der Waals surface area contributed by atoms with Crippen LogP contribution in [0.1, 0.15) is 18.6 Å². The molecular weight excluding hydrogens is 325 g/mol. The molecule has 0 bridgehead atoms. The third kappa shape index (κ3) is 2.90. The van der Waals surface area contributed by atoms with Crippen LogP contribution in [0.2, 0.25) is 0 Å². The van der Waals surface area contributed by atoms with Gasteiger partial charge in [-0.15, -0.1) is 0 Å². The number of hydrogen-bond donors (Lipinski definition) is 1. The SMILES string of the molecule is Ic1cccc(-c2ccc(CNC3CC3)o2)c1. The van der Waals surface area contributed by atoms with E-state index in [1.165, 1.54) is 16.4 Å².